The standard InChI is InChI=1S/C56H92N2/c1-8-15-22-24-26-32-39-53-46(35-28-17-10-3)41-51(42-47(53)36-29-18-11-4)55-45-50(34-21-14-7)56(58(55)57)52-43-48(37-30-19-12-5)54(40-33-27-25-23-16-9-2)49(44-52)38-31-20-13-6/h41-45H,8-40H2,1-7H3. The van der Waals surface area contributed by atoms with Crippen LogP contribution >= 0.6 is 0 Å². The van der Waals surface area contributed by atoms with Gasteiger partial charge in [0.25, 0.3) is 0 Å². The van der Waals surface area contributed by atoms with Crippen molar-refractivity contribution in [2.45, 2.75) is 260 Å². The molecule has 0 bridgehead atoms. The molecule has 0 atom stereocenters. The molecule has 1 aliphatic heterocycles. The molecule has 0 amide bonds. The van der Waals surface area contributed by atoms with E-state index in [0.29, 0.717) is 0 Å². The van der Waals surface area contributed by atoms with Crippen LogP contribution in [0.2, 0.25) is 0 Å². The van der Waals surface area contributed by atoms with E-state index in [2.05, 4.69) is 78.8 Å². The van der Waals surface area contributed by atoms with Gasteiger partial charge in [-0.05, 0) is 148 Å². The van der Waals surface area contributed by atoms with Crippen LogP contribution < -0.4 is 0 Å². The fourth-order valence-electron chi connectivity index (χ4n) is 9.46. The minimum atomic E-state index is 0.997. The number of rotatable bonds is 35. The quantitative estimate of drug-likeness (QED) is 0.0491. The average Bonchev–Trinajstić information content (AvgIpc) is 3.56. The van der Waals surface area contributed by atoms with E-state index in [1.165, 1.54) is 184 Å². The van der Waals surface area contributed by atoms with Crippen molar-refractivity contribution in [3.05, 3.63) is 86.0 Å². The highest BCUT2D eigenvalue weighted by Gasteiger charge is 2.31. The summed E-state index contributed by atoms with van der Waals surface area (Å²) in [4.78, 5) is 0. The molecule has 0 unspecified atom stereocenters. The van der Waals surface area contributed by atoms with Crippen LogP contribution in [0, 0.1) is 0 Å². The first kappa shape index (κ1) is 49.9. The van der Waals surface area contributed by atoms with Crippen molar-refractivity contribution >= 4 is 11.4 Å². The zero-order valence-corrected chi connectivity index (χ0v) is 39.6. The van der Waals surface area contributed by atoms with Crippen molar-refractivity contribution < 1.29 is 4.70 Å². The Labute approximate surface area is 361 Å². The van der Waals surface area contributed by atoms with Gasteiger partial charge in [0.15, 0.2) is 0 Å². The van der Waals surface area contributed by atoms with E-state index < -0.39 is 0 Å². The zero-order valence-electron chi connectivity index (χ0n) is 39.6. The fraction of sp³-hybridized carbons (Fsp3) is 0.714. The number of benzene rings is 2. The second kappa shape index (κ2) is 30.5. The Kier molecular flexibility index (Phi) is 26.3. The number of hydrogen-bond donors (Lipinski definition) is 0. The smallest absolute Gasteiger partial charge is 0.210 e. The molecule has 0 fully saturated rings. The molecule has 0 saturated heterocycles. The van der Waals surface area contributed by atoms with E-state index in [9.17, 15) is 5.53 Å². The van der Waals surface area contributed by atoms with Crippen molar-refractivity contribution in [1.29, 1.82) is 0 Å². The first-order chi connectivity index (χ1) is 28.5. The average molecular weight is 793 g/mol. The molecule has 0 N–H and O–H groups in total. The largest absolute Gasteiger partial charge is 0.493 e. The molecule has 0 saturated carbocycles. The lowest BCUT2D eigenvalue weighted by Gasteiger charge is -2.20. The van der Waals surface area contributed by atoms with Gasteiger partial charge in [-0.2, -0.15) is 0 Å². The highest BCUT2D eigenvalue weighted by atomic mass is 15.2. The maximum atomic E-state index is 12.6. The number of unbranched alkanes of at least 4 members (excludes halogenated alkanes) is 19. The lowest BCUT2D eigenvalue weighted by Crippen LogP contribution is -2.09. The second-order valence-electron chi connectivity index (χ2n) is 18.2. The van der Waals surface area contributed by atoms with Gasteiger partial charge in [-0.3, -0.25) is 0 Å². The van der Waals surface area contributed by atoms with Crippen LogP contribution in [-0.2, 0) is 38.5 Å². The minimum Gasteiger partial charge on any atom is -0.493 e. The van der Waals surface area contributed by atoms with Gasteiger partial charge in [0.2, 0.25) is 11.4 Å². The van der Waals surface area contributed by atoms with E-state index in [1.54, 1.807) is 38.1 Å². The summed E-state index contributed by atoms with van der Waals surface area (Å²) in [6.45, 7) is 16.2. The monoisotopic (exact) mass is 793 g/mol. The fourth-order valence-corrected chi connectivity index (χ4v) is 9.46. The lowest BCUT2D eigenvalue weighted by atomic mass is 9.87. The number of hydrogen-bond acceptors (Lipinski definition) is 0. The summed E-state index contributed by atoms with van der Waals surface area (Å²) in [5.41, 5.74) is 27.9. The Morgan fingerprint density at radius 2 is 0.655 bits per heavy atom. The Balaban J connectivity index is 2.12. The van der Waals surface area contributed by atoms with Gasteiger partial charge in [0, 0.05) is 22.8 Å². The van der Waals surface area contributed by atoms with Crippen LogP contribution in [0.5, 0.6) is 0 Å². The van der Waals surface area contributed by atoms with Gasteiger partial charge in [-0.1, -0.05) is 170 Å². The molecular weight excluding hydrogens is 701 g/mol. The number of allylic oxidation sites excluding steroid dienone is 2. The summed E-state index contributed by atoms with van der Waals surface area (Å²) in [5, 5.41) is 0. The van der Waals surface area contributed by atoms with Gasteiger partial charge in [0.05, 0.1) is 0 Å². The lowest BCUT2D eigenvalue weighted by molar-refractivity contribution is -0.344. The molecule has 2 nitrogen and oxygen atoms in total. The molecule has 2 aromatic rings. The third-order valence-electron chi connectivity index (χ3n) is 13.1. The number of aryl methyl sites for hydroxylation is 4. The maximum absolute atomic E-state index is 12.6. The van der Waals surface area contributed by atoms with Gasteiger partial charge >= 0.3 is 0 Å². The molecule has 326 valence electrons. The Morgan fingerprint density at radius 3 is 1.03 bits per heavy atom. The van der Waals surface area contributed by atoms with E-state index in [-0.39, 0.29) is 0 Å². The normalized spacial score (nSPS) is 13.0. The molecule has 0 aliphatic carbocycles. The molecule has 3 rings (SSSR count). The summed E-state index contributed by atoms with van der Waals surface area (Å²) >= 11 is 0. The van der Waals surface area contributed by atoms with Crippen molar-refractivity contribution in [3.8, 4) is 0 Å². The second-order valence-corrected chi connectivity index (χ2v) is 18.2. The molecule has 58 heavy (non-hydrogen) atoms. The van der Waals surface area contributed by atoms with Crippen LogP contribution in [0.25, 0.3) is 16.9 Å². The molecule has 1 aliphatic rings. The van der Waals surface area contributed by atoms with Gasteiger partial charge in [0.1, 0.15) is 0 Å². The maximum Gasteiger partial charge on any atom is 0.210 e. The summed E-state index contributed by atoms with van der Waals surface area (Å²) < 4.78 is 1.65. The van der Waals surface area contributed by atoms with Crippen LogP contribution in [0.15, 0.2) is 35.9 Å². The first-order valence-electron chi connectivity index (χ1n) is 25.7. The molecule has 2 heteroatoms. The van der Waals surface area contributed by atoms with Crippen molar-refractivity contribution in [3.63, 3.8) is 0 Å². The van der Waals surface area contributed by atoms with E-state index in [0.717, 1.165) is 56.3 Å². The van der Waals surface area contributed by atoms with Gasteiger partial charge in [-0.25, -0.2) is 4.70 Å². The van der Waals surface area contributed by atoms with E-state index in [1.807, 2.05) is 0 Å². The van der Waals surface area contributed by atoms with E-state index in [4.69, 9.17) is 0 Å². The van der Waals surface area contributed by atoms with Gasteiger partial charge in [-0.15, -0.1) is 0 Å². The van der Waals surface area contributed by atoms with Crippen LogP contribution in [-0.4, -0.2) is 4.70 Å². The summed E-state index contributed by atoms with van der Waals surface area (Å²) in [6.07, 6.45) is 43.9. The van der Waals surface area contributed by atoms with Crippen molar-refractivity contribution in [2.24, 2.45) is 0 Å². The first-order valence-corrected chi connectivity index (χ1v) is 25.7. The highest BCUT2D eigenvalue weighted by Crippen LogP contribution is 2.40. The molecule has 1 heterocycles. The summed E-state index contributed by atoms with van der Waals surface area (Å²) in [7, 11) is 0. The summed E-state index contributed by atoms with van der Waals surface area (Å²) in [6, 6.07) is 10.1. The molecule has 0 aromatic heterocycles. The van der Waals surface area contributed by atoms with Crippen LogP contribution in [0.4, 0.5) is 0 Å². The molecule has 0 spiro atoms. The minimum absolute atomic E-state index is 0.997. The molecule has 0 radical (unpaired) electrons. The highest BCUT2D eigenvalue weighted by molar-refractivity contribution is 5.79. The zero-order chi connectivity index (χ0) is 41.8. The third-order valence-corrected chi connectivity index (χ3v) is 13.1. The molecule has 2 aromatic carbocycles. The SMILES string of the molecule is CCCCCCCCc1c(CCCCC)cc(C2=CC(CCCC)=C(c3cc(CCCCC)c(CCCCCCCC)c(CCCCC)c3)[N+]2=[N-])cc1CCCCC. The number of nitrogens with zero attached hydrogens (tertiary/aromatic N) is 2. The van der Waals surface area contributed by atoms with E-state index >= 15 is 0 Å². The van der Waals surface area contributed by atoms with Gasteiger partial charge < -0.3 is 5.53 Å². The Morgan fingerprint density at radius 1 is 0.345 bits per heavy atom. The predicted octanol–water partition coefficient (Wildman–Crippen LogP) is 18.4. The third kappa shape index (κ3) is 16.9. The Hall–Kier alpha value is -2.48. The predicted molar refractivity (Wildman–Crippen MR) is 258 cm³/mol. The van der Waals surface area contributed by atoms with Crippen molar-refractivity contribution in [1.82, 2.24) is 0 Å². The summed E-state index contributed by atoms with van der Waals surface area (Å²) in [5.74, 6) is 0. The molecular formula is C56H92N2. The van der Waals surface area contributed by atoms with Crippen molar-refractivity contribution in [2.75, 3.05) is 0 Å². The topological polar surface area (TPSA) is 25.3 Å². The van der Waals surface area contributed by atoms with Crippen LogP contribution in [0.3, 0.4) is 0 Å². The Bertz CT molecular complexity index is 1440. The van der Waals surface area contributed by atoms with Crippen LogP contribution in [0.1, 0.15) is 266 Å².